The van der Waals surface area contributed by atoms with Crippen LogP contribution in [0.1, 0.15) is 24.6 Å². The first kappa shape index (κ1) is 9.68. The van der Waals surface area contributed by atoms with Gasteiger partial charge in [-0.1, -0.05) is 49.4 Å². The molecule has 0 N–H and O–H groups in total. The minimum Gasteiger partial charge on any atom is -0.130 e. The van der Waals surface area contributed by atoms with Crippen molar-refractivity contribution >= 4 is 20.0 Å². The van der Waals surface area contributed by atoms with Crippen LogP contribution in [0.3, 0.4) is 0 Å². The first-order valence-corrected chi connectivity index (χ1v) is 5.72. The van der Waals surface area contributed by atoms with Crippen LogP contribution in [0.5, 0.6) is 0 Å². The van der Waals surface area contributed by atoms with Gasteiger partial charge in [0.25, 0.3) is 0 Å². The van der Waals surface area contributed by atoms with Gasteiger partial charge in [-0.05, 0) is 28.4 Å². The third-order valence-electron chi connectivity index (χ3n) is 2.64. The Morgan fingerprint density at radius 2 is 1.79 bits per heavy atom. The maximum atomic E-state index is 2.90. The Hall–Kier alpha value is -0.870. The van der Waals surface area contributed by atoms with Gasteiger partial charge in [0.15, 0.2) is 0 Å². The lowest BCUT2D eigenvalue weighted by atomic mass is 10.0. The van der Waals surface area contributed by atoms with Crippen LogP contribution in [0.25, 0.3) is 10.8 Å². The lowest BCUT2D eigenvalue weighted by Crippen LogP contribution is -1.86. The molecule has 0 nitrogen and oxygen atoms in total. The molecule has 2 aromatic rings. The monoisotopic (exact) mass is 202 g/mol. The van der Waals surface area contributed by atoms with E-state index in [2.05, 4.69) is 58.6 Å². The summed E-state index contributed by atoms with van der Waals surface area (Å²) >= 11 is 0. The number of fused-ring (bicyclic) bond motifs is 1. The average Bonchev–Trinajstić information content (AvgIpc) is 2.27. The second-order valence-corrected chi connectivity index (χ2v) is 4.43. The van der Waals surface area contributed by atoms with Crippen LogP contribution in [0, 0.1) is 0 Å². The normalized spacial score (nSPS) is 13.0. The van der Waals surface area contributed by atoms with E-state index in [1.54, 1.807) is 0 Å². The molecule has 0 spiro atoms. The van der Waals surface area contributed by atoms with Gasteiger partial charge in [0, 0.05) is 0 Å². The second kappa shape index (κ2) is 4.11. The fraction of sp³-hybridized carbons (Fsp3) is 0.231. The van der Waals surface area contributed by atoms with Crippen LogP contribution in [-0.2, 0) is 0 Å². The Kier molecular flexibility index (Phi) is 2.84. The minimum atomic E-state index is 0.583. The van der Waals surface area contributed by atoms with Crippen LogP contribution in [-0.4, -0.2) is 0 Å². The van der Waals surface area contributed by atoms with E-state index in [-0.39, 0.29) is 0 Å². The average molecular weight is 202 g/mol. The quantitative estimate of drug-likeness (QED) is 0.641. The Bertz CT molecular complexity index is 434. The van der Waals surface area contributed by atoms with Crippen LogP contribution in [0.2, 0.25) is 0 Å². The predicted molar refractivity (Wildman–Crippen MR) is 66.7 cm³/mol. The summed E-state index contributed by atoms with van der Waals surface area (Å²) in [6.07, 6.45) is 1.17. The van der Waals surface area contributed by atoms with Crippen molar-refractivity contribution in [2.45, 2.75) is 19.0 Å². The number of benzene rings is 2. The Labute approximate surface area is 87.5 Å². The maximum Gasteiger partial charge on any atom is -0.00170 e. The minimum absolute atomic E-state index is 0.583. The van der Waals surface area contributed by atoms with Crippen molar-refractivity contribution < 1.29 is 0 Å². The lowest BCUT2D eigenvalue weighted by Gasteiger charge is -2.09. The first-order valence-electron chi connectivity index (χ1n) is 5.05. The molecule has 0 bridgehead atoms. The SMILES string of the molecule is CCC(P)c1ccc2ccccc2c1. The summed E-state index contributed by atoms with van der Waals surface area (Å²) in [4.78, 5) is 0. The smallest absolute Gasteiger partial charge is 0.00170 e. The molecule has 0 aromatic heterocycles. The van der Waals surface area contributed by atoms with E-state index in [1.807, 2.05) is 0 Å². The van der Waals surface area contributed by atoms with Gasteiger partial charge >= 0.3 is 0 Å². The molecule has 0 heterocycles. The lowest BCUT2D eigenvalue weighted by molar-refractivity contribution is 0.898. The van der Waals surface area contributed by atoms with Gasteiger partial charge in [0.05, 0.1) is 0 Å². The number of hydrogen-bond donors (Lipinski definition) is 0. The van der Waals surface area contributed by atoms with E-state index in [0.29, 0.717) is 5.66 Å². The van der Waals surface area contributed by atoms with E-state index in [9.17, 15) is 0 Å². The Morgan fingerprint density at radius 1 is 1.07 bits per heavy atom. The summed E-state index contributed by atoms with van der Waals surface area (Å²) in [6.45, 7) is 2.22. The van der Waals surface area contributed by atoms with Crippen molar-refractivity contribution in [2.24, 2.45) is 0 Å². The fourth-order valence-electron chi connectivity index (χ4n) is 1.67. The maximum absolute atomic E-state index is 2.90. The Balaban J connectivity index is 2.51. The van der Waals surface area contributed by atoms with Crippen molar-refractivity contribution in [3.63, 3.8) is 0 Å². The highest BCUT2D eigenvalue weighted by atomic mass is 31.0. The fourth-order valence-corrected chi connectivity index (χ4v) is 1.88. The summed E-state index contributed by atoms with van der Waals surface area (Å²) < 4.78 is 0. The van der Waals surface area contributed by atoms with Crippen LogP contribution in [0.4, 0.5) is 0 Å². The van der Waals surface area contributed by atoms with Gasteiger partial charge in [-0.25, -0.2) is 0 Å². The van der Waals surface area contributed by atoms with E-state index in [0.717, 1.165) is 0 Å². The van der Waals surface area contributed by atoms with E-state index < -0.39 is 0 Å². The summed E-state index contributed by atoms with van der Waals surface area (Å²) in [5.41, 5.74) is 2.00. The predicted octanol–water partition coefficient (Wildman–Crippen LogP) is 4.17. The molecule has 0 radical (unpaired) electrons. The zero-order valence-electron chi connectivity index (χ0n) is 8.40. The highest BCUT2D eigenvalue weighted by Gasteiger charge is 2.02. The zero-order valence-corrected chi connectivity index (χ0v) is 9.56. The van der Waals surface area contributed by atoms with Crippen molar-refractivity contribution in [3.8, 4) is 0 Å². The van der Waals surface area contributed by atoms with Crippen LogP contribution >= 0.6 is 9.24 Å². The molecule has 0 saturated carbocycles. The molecule has 0 aliphatic rings. The molecule has 14 heavy (non-hydrogen) atoms. The highest BCUT2D eigenvalue weighted by molar-refractivity contribution is 7.17. The van der Waals surface area contributed by atoms with Gasteiger partial charge in [0.1, 0.15) is 0 Å². The van der Waals surface area contributed by atoms with Crippen molar-refractivity contribution in [3.05, 3.63) is 48.0 Å². The molecule has 2 rings (SSSR count). The zero-order chi connectivity index (χ0) is 9.97. The van der Waals surface area contributed by atoms with Gasteiger partial charge in [-0.15, -0.1) is 9.24 Å². The molecule has 72 valence electrons. The molecule has 1 heteroatoms. The molecule has 2 atom stereocenters. The van der Waals surface area contributed by atoms with Crippen molar-refractivity contribution in [1.82, 2.24) is 0 Å². The second-order valence-electron chi connectivity index (χ2n) is 3.62. The van der Waals surface area contributed by atoms with Crippen molar-refractivity contribution in [1.29, 1.82) is 0 Å². The van der Waals surface area contributed by atoms with E-state index in [4.69, 9.17) is 0 Å². The van der Waals surface area contributed by atoms with Gasteiger partial charge in [-0.2, -0.15) is 0 Å². The molecular weight excluding hydrogens is 187 g/mol. The molecule has 0 amide bonds. The molecule has 0 saturated heterocycles. The van der Waals surface area contributed by atoms with E-state index >= 15 is 0 Å². The molecule has 2 unspecified atom stereocenters. The molecule has 2 aromatic carbocycles. The van der Waals surface area contributed by atoms with Crippen LogP contribution in [0.15, 0.2) is 42.5 Å². The molecular formula is C13H15P. The van der Waals surface area contributed by atoms with E-state index in [1.165, 1.54) is 22.8 Å². The van der Waals surface area contributed by atoms with Gasteiger partial charge in [-0.3, -0.25) is 0 Å². The third-order valence-corrected chi connectivity index (χ3v) is 3.50. The van der Waals surface area contributed by atoms with Crippen LogP contribution < -0.4 is 0 Å². The van der Waals surface area contributed by atoms with Crippen molar-refractivity contribution in [2.75, 3.05) is 0 Å². The number of rotatable bonds is 2. The van der Waals surface area contributed by atoms with Gasteiger partial charge < -0.3 is 0 Å². The number of hydrogen-bond acceptors (Lipinski definition) is 0. The summed E-state index contributed by atoms with van der Waals surface area (Å²) in [5.74, 6) is 0. The summed E-state index contributed by atoms with van der Waals surface area (Å²) in [5, 5.41) is 2.66. The standard InChI is InChI=1S/C13H15P/c1-2-13(14)12-8-7-10-5-3-4-6-11(10)9-12/h3-9,13H,2,14H2,1H3. The topological polar surface area (TPSA) is 0 Å². The summed E-state index contributed by atoms with van der Waals surface area (Å²) in [7, 11) is 2.90. The summed E-state index contributed by atoms with van der Waals surface area (Å²) in [6, 6.07) is 15.2. The largest absolute Gasteiger partial charge is 0.130 e. The molecule has 0 aliphatic heterocycles. The molecule has 0 fully saturated rings. The Morgan fingerprint density at radius 3 is 2.50 bits per heavy atom. The highest BCUT2D eigenvalue weighted by Crippen LogP contribution is 2.28. The third kappa shape index (κ3) is 1.81. The van der Waals surface area contributed by atoms with Gasteiger partial charge in [0.2, 0.25) is 0 Å². The first-order chi connectivity index (χ1) is 6.81. The molecule has 0 aliphatic carbocycles.